The van der Waals surface area contributed by atoms with Gasteiger partial charge in [0, 0.05) is 87.5 Å². The lowest BCUT2D eigenvalue weighted by Gasteiger charge is -2.30. The molecule has 90 heavy (non-hydrogen) atoms. The Labute approximate surface area is 507 Å². The van der Waals surface area contributed by atoms with Crippen LogP contribution >= 0.6 is 16.5 Å². The first-order chi connectivity index (χ1) is 42.5. The number of fused-ring (bicyclic) bond motifs is 4. The molecular formula is C56H56F12N10O10P2. The fourth-order valence-electron chi connectivity index (χ4n) is 10.0. The zero-order chi connectivity index (χ0) is 65.8. The van der Waals surface area contributed by atoms with Crippen LogP contribution in [0.1, 0.15) is 87.2 Å². The largest absolute Gasteiger partial charge is 0.565 e. The first-order valence-corrected chi connectivity index (χ1v) is 28.9. The van der Waals surface area contributed by atoms with Gasteiger partial charge in [-0.3, -0.25) is 9.59 Å². The van der Waals surface area contributed by atoms with Crippen molar-refractivity contribution in [1.29, 1.82) is 0 Å². The standard InChI is InChI=1S/2C28H25F6N5O.2HO4P.2H2/c2*1-16(18-7-6-17-4-2-3-5-19(17)10-18)35-21(11-20-12-23(30)24(31)14-22(20)29)13-26(40)38-8-9-39-25(15-38)36-37-27(39)28(32,33)34;2*1-4-5(2)3;;/h2*2-7,10,12,14,16,21,35H,8-9,11,13,15H2,1H3;2*1H;2*1H/t16-,21+;16-,21-;;;;/m01..../s1. The summed E-state index contributed by atoms with van der Waals surface area (Å²) < 4.78 is 188. The molecule has 20 nitrogen and oxygen atoms in total. The predicted molar refractivity (Wildman–Crippen MR) is 296 cm³/mol. The number of hydrogen-bond acceptors (Lipinski definition) is 16. The number of halogens is 12. The van der Waals surface area contributed by atoms with E-state index in [2.05, 4.69) is 40.4 Å². The lowest BCUT2D eigenvalue weighted by Crippen LogP contribution is -2.43. The molecule has 2 amide bonds. The van der Waals surface area contributed by atoms with Crippen molar-refractivity contribution < 1.29 is 104 Å². The van der Waals surface area contributed by atoms with Crippen molar-refractivity contribution in [2.75, 3.05) is 13.1 Å². The van der Waals surface area contributed by atoms with E-state index in [1.54, 1.807) is 0 Å². The summed E-state index contributed by atoms with van der Waals surface area (Å²) in [7, 11) is -6.09. The van der Waals surface area contributed by atoms with Gasteiger partial charge in [0.15, 0.2) is 34.9 Å². The summed E-state index contributed by atoms with van der Waals surface area (Å²) in [4.78, 5) is 47.2. The minimum absolute atomic E-state index is 0. The maximum Gasteiger partial charge on any atom is 0.521 e. The molecule has 0 bridgehead atoms. The summed E-state index contributed by atoms with van der Waals surface area (Å²) in [5, 5.41) is 38.5. The van der Waals surface area contributed by atoms with Gasteiger partial charge in [-0.05, 0) is 104 Å². The second kappa shape index (κ2) is 30.7. The fourth-order valence-corrected chi connectivity index (χ4v) is 10.0. The van der Waals surface area contributed by atoms with E-state index in [1.807, 2.05) is 98.8 Å². The molecule has 0 spiro atoms. The SMILES string of the molecule is C[C@@H](N[C@@H](CC(=O)N1CCn2c(nnc2C(F)(F)F)C1)Cc1cc(F)c(F)cc1F)c1ccc2ccccc2c1.C[C@H](N[C@@H](CC(=O)N1CCn2c(nnc2C(F)(F)F)C1)Cc1cc(F)c(F)cc1F)c1ccc2ccccc2c1.O=[P+]([O-])OO.O=[P+]([O-])OO.[HH].[HH]. The minimum Gasteiger partial charge on any atom is -0.565 e. The summed E-state index contributed by atoms with van der Waals surface area (Å²) in [5.74, 6) is -9.98. The maximum atomic E-state index is 14.5. The van der Waals surface area contributed by atoms with Crippen molar-refractivity contribution >= 4 is 49.9 Å². The van der Waals surface area contributed by atoms with E-state index in [9.17, 15) is 62.3 Å². The Morgan fingerprint density at radius 3 is 1.20 bits per heavy atom. The lowest BCUT2D eigenvalue weighted by molar-refractivity contribution is -0.245. The Hall–Kier alpha value is -7.90. The quantitative estimate of drug-likeness (QED) is 0.0230. The number of aromatic nitrogens is 6. The average Bonchev–Trinajstić information content (AvgIpc) is 1.85. The van der Waals surface area contributed by atoms with Gasteiger partial charge in [0.25, 0.3) is 0 Å². The molecule has 8 aromatic rings. The topological polar surface area (TPSA) is 265 Å². The highest BCUT2D eigenvalue weighted by atomic mass is 31.1. The van der Waals surface area contributed by atoms with Crippen LogP contribution in [-0.4, -0.2) is 86.8 Å². The summed E-state index contributed by atoms with van der Waals surface area (Å²) in [5.41, 5.74) is 1.58. The summed E-state index contributed by atoms with van der Waals surface area (Å²) in [6.07, 6.45) is -9.93. The highest BCUT2D eigenvalue weighted by Gasteiger charge is 2.41. The average molecular weight is 1320 g/mol. The number of rotatable bonds is 16. The van der Waals surface area contributed by atoms with Gasteiger partial charge in [-0.15, -0.1) is 20.4 Å². The fraction of sp³-hybridized carbons (Fsp3) is 0.321. The van der Waals surface area contributed by atoms with Crippen molar-refractivity contribution in [1.82, 2.24) is 50.0 Å². The second-order valence-electron chi connectivity index (χ2n) is 20.3. The Balaban J connectivity index is 0.000000285. The molecule has 2 unspecified atom stereocenters. The first-order valence-electron chi connectivity index (χ1n) is 26.8. The van der Waals surface area contributed by atoms with E-state index in [0.717, 1.165) is 53.9 Å². The minimum atomic E-state index is -4.67. The van der Waals surface area contributed by atoms with Gasteiger partial charge < -0.3 is 39.4 Å². The van der Waals surface area contributed by atoms with Gasteiger partial charge in [0.1, 0.15) is 11.6 Å². The molecule has 6 atom stereocenters. The van der Waals surface area contributed by atoms with Crippen molar-refractivity contribution in [3.63, 3.8) is 0 Å². The maximum absolute atomic E-state index is 14.5. The summed E-state index contributed by atoms with van der Waals surface area (Å²) in [6.45, 7) is 3.12. The Kier molecular flexibility index (Phi) is 23.8. The number of alkyl halides is 6. The van der Waals surface area contributed by atoms with Crippen LogP contribution < -0.4 is 20.4 Å². The van der Waals surface area contributed by atoms with E-state index in [4.69, 9.17) is 29.4 Å². The molecule has 0 saturated carbocycles. The van der Waals surface area contributed by atoms with Crippen molar-refractivity contribution in [2.45, 2.75) is 102 Å². The third-order valence-corrected chi connectivity index (χ3v) is 14.6. The highest BCUT2D eigenvalue weighted by molar-refractivity contribution is 7.30. The van der Waals surface area contributed by atoms with Crippen molar-refractivity contribution in [2.24, 2.45) is 0 Å². The smallest absolute Gasteiger partial charge is 0.521 e. The molecule has 4 N–H and O–H groups in total. The summed E-state index contributed by atoms with van der Waals surface area (Å²) >= 11 is 0. The first kappa shape index (κ1) is 69.6. The molecule has 2 aliphatic rings. The van der Waals surface area contributed by atoms with Crippen LogP contribution in [0, 0.1) is 34.9 Å². The molecule has 0 fully saturated rings. The van der Waals surface area contributed by atoms with Gasteiger partial charge in [0.2, 0.25) is 23.5 Å². The molecule has 484 valence electrons. The molecule has 0 saturated heterocycles. The van der Waals surface area contributed by atoms with Crippen LogP contribution in [-0.2, 0) is 79.4 Å². The predicted octanol–water partition coefficient (Wildman–Crippen LogP) is 10.6. The van der Waals surface area contributed by atoms with Gasteiger partial charge >= 0.3 is 28.9 Å². The molecule has 0 radical (unpaired) electrons. The van der Waals surface area contributed by atoms with Crippen molar-refractivity contribution in [3.8, 4) is 0 Å². The molecule has 34 heteroatoms. The van der Waals surface area contributed by atoms with E-state index in [0.29, 0.717) is 12.1 Å². The van der Waals surface area contributed by atoms with Crippen LogP contribution in [0.15, 0.2) is 109 Å². The van der Waals surface area contributed by atoms with Gasteiger partial charge in [-0.1, -0.05) is 72.8 Å². The van der Waals surface area contributed by atoms with Crippen molar-refractivity contribution in [3.05, 3.63) is 190 Å². The Morgan fingerprint density at radius 2 is 0.867 bits per heavy atom. The Bertz CT molecular complexity index is 3630. The summed E-state index contributed by atoms with van der Waals surface area (Å²) in [6, 6.07) is 27.7. The number of benzene rings is 6. The zero-order valence-corrected chi connectivity index (χ0v) is 48.7. The molecular weight excluding hydrogens is 1260 g/mol. The zero-order valence-electron chi connectivity index (χ0n) is 46.9. The number of nitrogens with one attached hydrogen (secondary N) is 2. The lowest BCUT2D eigenvalue weighted by atomic mass is 9.98. The molecule has 2 aromatic heterocycles. The normalized spacial score (nSPS) is 14.8. The molecule has 6 aromatic carbocycles. The highest BCUT2D eigenvalue weighted by Crippen LogP contribution is 2.32. The number of nitrogens with zero attached hydrogens (tertiary/aromatic N) is 8. The van der Waals surface area contributed by atoms with E-state index in [1.165, 1.54) is 9.80 Å². The third-order valence-electron chi connectivity index (χ3n) is 14.3. The molecule has 10 rings (SSSR count). The third kappa shape index (κ3) is 18.6. The van der Waals surface area contributed by atoms with Gasteiger partial charge in [-0.2, -0.15) is 26.3 Å². The van der Waals surface area contributed by atoms with E-state index in [-0.39, 0.29) is 103 Å². The van der Waals surface area contributed by atoms with Crippen LogP contribution in [0.3, 0.4) is 0 Å². The number of carbonyl (C=O) groups is 2. The Morgan fingerprint density at radius 1 is 0.533 bits per heavy atom. The second-order valence-corrected chi connectivity index (χ2v) is 21.6. The van der Waals surface area contributed by atoms with Crippen LogP contribution in [0.2, 0.25) is 0 Å². The number of carbonyl (C=O) groups excluding carboxylic acids is 2. The number of amides is 2. The number of hydrogen-bond donors (Lipinski definition) is 4. The van der Waals surface area contributed by atoms with Crippen LogP contribution in [0.25, 0.3) is 21.5 Å². The monoisotopic (exact) mass is 1320 g/mol. The van der Waals surface area contributed by atoms with E-state index < -0.39 is 99.3 Å². The molecule has 2 aliphatic heterocycles. The molecule has 4 heterocycles. The van der Waals surface area contributed by atoms with Crippen LogP contribution in [0.4, 0.5) is 52.7 Å². The van der Waals surface area contributed by atoms with Gasteiger partial charge in [-0.25, -0.2) is 36.9 Å². The molecule has 0 aliphatic carbocycles. The van der Waals surface area contributed by atoms with Gasteiger partial charge in [0.05, 0.1) is 13.1 Å². The van der Waals surface area contributed by atoms with E-state index >= 15 is 0 Å². The van der Waals surface area contributed by atoms with Crippen LogP contribution in [0.5, 0.6) is 0 Å².